The van der Waals surface area contributed by atoms with Gasteiger partial charge in [-0.05, 0) is 45.4 Å². The molecule has 2 aliphatic heterocycles. The molecule has 3 N–H and O–H groups in total. The number of hydrogen-bond acceptors (Lipinski definition) is 8. The number of aromatic nitrogens is 2. The second kappa shape index (κ2) is 9.07. The average Bonchev–Trinajstić information content (AvgIpc) is 3.28. The smallest absolute Gasteiger partial charge is 0.300 e. The minimum absolute atomic E-state index is 0.209. The predicted octanol–water partition coefficient (Wildman–Crippen LogP) is 4.09. The molecule has 0 radical (unpaired) electrons. The van der Waals surface area contributed by atoms with Gasteiger partial charge in [0.1, 0.15) is 34.7 Å². The summed E-state index contributed by atoms with van der Waals surface area (Å²) in [6.45, 7) is 5.48. The topological polar surface area (TPSA) is 123 Å². The molecular formula is C23H30N6O3. The minimum atomic E-state index is -0.833. The molecule has 0 bridgehead atoms. The highest BCUT2D eigenvalue weighted by molar-refractivity contribution is 6.07. The minimum Gasteiger partial charge on any atom is -0.481 e. The Morgan fingerprint density at radius 1 is 1.19 bits per heavy atom. The van der Waals surface area contributed by atoms with Gasteiger partial charge in [-0.3, -0.25) is 4.79 Å². The van der Waals surface area contributed by atoms with Crippen molar-refractivity contribution in [3.05, 3.63) is 11.6 Å². The Kier molecular flexibility index (Phi) is 6.21. The summed E-state index contributed by atoms with van der Waals surface area (Å²) in [7, 11) is 0. The van der Waals surface area contributed by atoms with E-state index in [1.165, 1.54) is 19.3 Å². The Bertz CT molecular complexity index is 1050. The number of aliphatic carboxylic acids is 1. The zero-order chi connectivity index (χ0) is 22.7. The number of hydrogen-bond donors (Lipinski definition) is 3. The zero-order valence-corrected chi connectivity index (χ0v) is 18.7. The number of nitrogens with zero attached hydrogens (tertiary/aromatic N) is 4. The van der Waals surface area contributed by atoms with Crippen LogP contribution in [-0.4, -0.2) is 46.4 Å². The third-order valence-electron chi connectivity index (χ3n) is 6.18. The summed E-state index contributed by atoms with van der Waals surface area (Å²) in [5.74, 6) is 2.16. The molecule has 3 aliphatic rings. The van der Waals surface area contributed by atoms with Gasteiger partial charge in [0.2, 0.25) is 5.88 Å². The Hall–Kier alpha value is -3.28. The van der Waals surface area contributed by atoms with Gasteiger partial charge in [-0.25, -0.2) is 4.98 Å². The largest absolute Gasteiger partial charge is 0.481 e. The highest BCUT2D eigenvalue weighted by atomic mass is 16.5. The number of nitrogens with one attached hydrogen (secondary N) is 2. The number of carboxylic acid groups (broad SMARTS) is 1. The van der Waals surface area contributed by atoms with E-state index >= 15 is 0 Å². The van der Waals surface area contributed by atoms with Crippen LogP contribution in [0.2, 0.25) is 0 Å². The first-order valence-corrected chi connectivity index (χ1v) is 11.4. The van der Waals surface area contributed by atoms with E-state index in [0.29, 0.717) is 18.1 Å². The molecule has 32 heavy (non-hydrogen) atoms. The van der Waals surface area contributed by atoms with E-state index < -0.39 is 5.97 Å². The molecule has 170 valence electrons. The summed E-state index contributed by atoms with van der Waals surface area (Å²) in [4.78, 5) is 21.0. The lowest BCUT2D eigenvalue weighted by Gasteiger charge is -2.43. The first kappa shape index (κ1) is 21.9. The number of anilines is 3. The Balaban J connectivity index is 0.000000567. The first-order valence-electron chi connectivity index (χ1n) is 11.4. The molecule has 0 atom stereocenters. The van der Waals surface area contributed by atoms with Crippen LogP contribution in [0.1, 0.15) is 64.4 Å². The van der Waals surface area contributed by atoms with Crippen LogP contribution in [0.25, 0.3) is 10.8 Å². The van der Waals surface area contributed by atoms with E-state index in [0.717, 1.165) is 73.9 Å². The van der Waals surface area contributed by atoms with Crippen molar-refractivity contribution >= 4 is 34.2 Å². The second-order valence-electron chi connectivity index (χ2n) is 8.54. The fourth-order valence-corrected chi connectivity index (χ4v) is 4.86. The van der Waals surface area contributed by atoms with Crippen molar-refractivity contribution in [2.24, 2.45) is 0 Å². The van der Waals surface area contributed by atoms with Crippen LogP contribution in [0, 0.1) is 11.3 Å². The molecule has 2 aromatic heterocycles. The number of ether oxygens (including phenoxy) is 1. The number of pyridine rings is 2. The lowest BCUT2D eigenvalue weighted by Crippen LogP contribution is -2.50. The van der Waals surface area contributed by atoms with Gasteiger partial charge < -0.3 is 25.4 Å². The van der Waals surface area contributed by atoms with E-state index in [4.69, 9.17) is 24.6 Å². The first-order chi connectivity index (χ1) is 15.5. The molecule has 9 heteroatoms. The van der Waals surface area contributed by atoms with Gasteiger partial charge >= 0.3 is 0 Å². The Labute approximate surface area is 187 Å². The Morgan fingerprint density at radius 2 is 1.81 bits per heavy atom. The SMILES string of the molecule is CC(=O)O.CCOc1cc2c(C#N)c(N3CCCC3)nc3c2c(n1)NC1(CCCCC1)N3. The van der Waals surface area contributed by atoms with Crippen molar-refractivity contribution in [2.75, 3.05) is 35.2 Å². The molecule has 5 rings (SSSR count). The maximum Gasteiger partial charge on any atom is 0.300 e. The summed E-state index contributed by atoms with van der Waals surface area (Å²) in [6.07, 6.45) is 7.98. The molecule has 1 saturated carbocycles. The average molecular weight is 439 g/mol. The van der Waals surface area contributed by atoms with Crippen molar-refractivity contribution < 1.29 is 14.6 Å². The Morgan fingerprint density at radius 3 is 2.41 bits per heavy atom. The van der Waals surface area contributed by atoms with Crippen LogP contribution >= 0.6 is 0 Å². The van der Waals surface area contributed by atoms with Crippen LogP contribution in [-0.2, 0) is 4.79 Å². The van der Waals surface area contributed by atoms with Crippen LogP contribution in [0.3, 0.4) is 0 Å². The zero-order valence-electron chi connectivity index (χ0n) is 18.7. The van der Waals surface area contributed by atoms with Crippen LogP contribution in [0.4, 0.5) is 17.5 Å². The number of carbonyl (C=O) groups is 1. The maximum atomic E-state index is 9.99. The fourth-order valence-electron chi connectivity index (χ4n) is 4.86. The molecule has 2 fully saturated rings. The van der Waals surface area contributed by atoms with Crippen molar-refractivity contribution in [1.82, 2.24) is 9.97 Å². The third-order valence-corrected chi connectivity index (χ3v) is 6.18. The van der Waals surface area contributed by atoms with E-state index in [-0.39, 0.29) is 5.66 Å². The van der Waals surface area contributed by atoms with Crippen LogP contribution in [0.15, 0.2) is 6.07 Å². The highest BCUT2D eigenvalue weighted by Gasteiger charge is 2.38. The van der Waals surface area contributed by atoms with Crippen molar-refractivity contribution in [3.63, 3.8) is 0 Å². The molecule has 1 saturated heterocycles. The summed E-state index contributed by atoms with van der Waals surface area (Å²) in [6, 6.07) is 4.31. The van der Waals surface area contributed by atoms with E-state index in [9.17, 15) is 5.26 Å². The third kappa shape index (κ3) is 4.22. The predicted molar refractivity (Wildman–Crippen MR) is 123 cm³/mol. The second-order valence-corrected chi connectivity index (χ2v) is 8.54. The lowest BCUT2D eigenvalue weighted by atomic mass is 9.87. The van der Waals surface area contributed by atoms with Gasteiger partial charge in [0.05, 0.1) is 12.0 Å². The summed E-state index contributed by atoms with van der Waals surface area (Å²) >= 11 is 0. The van der Waals surface area contributed by atoms with Crippen molar-refractivity contribution in [1.29, 1.82) is 5.26 Å². The van der Waals surface area contributed by atoms with Gasteiger partial charge in [-0.15, -0.1) is 0 Å². The number of nitriles is 1. The van der Waals surface area contributed by atoms with Crippen molar-refractivity contribution in [3.8, 4) is 11.9 Å². The normalized spacial score (nSPS) is 18.2. The van der Waals surface area contributed by atoms with Gasteiger partial charge in [-0.2, -0.15) is 10.2 Å². The van der Waals surface area contributed by atoms with Crippen molar-refractivity contribution in [2.45, 2.75) is 64.5 Å². The molecule has 0 aromatic carbocycles. The number of rotatable bonds is 3. The maximum absolute atomic E-state index is 9.99. The summed E-state index contributed by atoms with van der Waals surface area (Å²) in [5, 5.41) is 26.5. The molecule has 1 spiro atoms. The molecule has 4 heterocycles. The van der Waals surface area contributed by atoms with Gasteiger partial charge in [-0.1, -0.05) is 6.42 Å². The van der Waals surface area contributed by atoms with Crippen LogP contribution in [0.5, 0.6) is 5.88 Å². The van der Waals surface area contributed by atoms with Crippen LogP contribution < -0.4 is 20.3 Å². The molecule has 0 unspecified atom stereocenters. The molecular weight excluding hydrogens is 408 g/mol. The van der Waals surface area contributed by atoms with E-state index in [1.54, 1.807) is 0 Å². The van der Waals surface area contributed by atoms with Gasteiger partial charge in [0, 0.05) is 31.5 Å². The van der Waals surface area contributed by atoms with Gasteiger partial charge in [0.25, 0.3) is 5.97 Å². The molecule has 0 amide bonds. The van der Waals surface area contributed by atoms with Gasteiger partial charge in [0.15, 0.2) is 0 Å². The fraction of sp³-hybridized carbons (Fsp3) is 0.565. The monoisotopic (exact) mass is 438 g/mol. The lowest BCUT2D eigenvalue weighted by molar-refractivity contribution is -0.134. The quantitative estimate of drug-likeness (QED) is 0.650. The highest BCUT2D eigenvalue weighted by Crippen LogP contribution is 2.45. The standard InChI is InChI=1S/C21H26N6O.C2H4O2/c1-2-28-16-12-14-15(13-22)20(27-10-6-7-11-27)24-19-17(14)18(23-16)25-21(26-19)8-4-3-5-9-21;1-2(3)4/h12H,2-11H2,1H3,(H,23,25)(H,24,26);1H3,(H,3,4). The molecule has 1 aliphatic carbocycles. The molecule has 9 nitrogen and oxygen atoms in total. The van der Waals surface area contributed by atoms with E-state index in [1.807, 2.05) is 13.0 Å². The summed E-state index contributed by atoms with van der Waals surface area (Å²) < 4.78 is 5.75. The van der Waals surface area contributed by atoms with E-state index in [2.05, 4.69) is 21.6 Å². The number of carboxylic acids is 1. The molecule has 2 aromatic rings. The summed E-state index contributed by atoms with van der Waals surface area (Å²) in [5.41, 5.74) is 0.410.